The zero-order valence-corrected chi connectivity index (χ0v) is 13.3. The van der Waals surface area contributed by atoms with Crippen molar-refractivity contribution in [3.05, 3.63) is 50.1 Å². The first-order valence-corrected chi connectivity index (χ1v) is 6.78. The van der Waals surface area contributed by atoms with Gasteiger partial charge >= 0.3 is 3.36 Å². The van der Waals surface area contributed by atoms with E-state index in [1.807, 2.05) is 0 Å². The van der Waals surface area contributed by atoms with Crippen molar-refractivity contribution in [2.75, 3.05) is 0 Å². The fourth-order valence-corrected chi connectivity index (χ4v) is 2.23. The van der Waals surface area contributed by atoms with Gasteiger partial charge in [-0.25, -0.2) is 0 Å². The first-order chi connectivity index (χ1) is 9.16. The molecule has 108 valence electrons. The highest BCUT2D eigenvalue weighted by molar-refractivity contribution is 9.25. The number of amides is 1. The molecule has 1 unspecified atom stereocenters. The fourth-order valence-electron chi connectivity index (χ4n) is 1.47. The number of carbonyl (C=O) groups is 1. The standard InChI is InChI=1S/C10H9Br2N3O5/c1-6(16)13-9(10(11,12)15(19)20)7-2-4-8(5-3-7)14(17)18/h2-5,9H,1H3,(H,13,16). The van der Waals surface area contributed by atoms with E-state index < -0.39 is 25.2 Å². The van der Waals surface area contributed by atoms with E-state index in [9.17, 15) is 25.0 Å². The molecule has 0 aliphatic rings. The van der Waals surface area contributed by atoms with Crippen molar-refractivity contribution in [1.82, 2.24) is 5.32 Å². The van der Waals surface area contributed by atoms with Crippen molar-refractivity contribution in [3.63, 3.8) is 0 Å². The predicted molar refractivity (Wildman–Crippen MR) is 77.2 cm³/mol. The molecule has 1 rings (SSSR count). The van der Waals surface area contributed by atoms with Crippen LogP contribution in [0.5, 0.6) is 0 Å². The second-order valence-electron chi connectivity index (χ2n) is 3.83. The highest BCUT2D eigenvalue weighted by Gasteiger charge is 2.47. The Labute approximate surface area is 130 Å². The lowest BCUT2D eigenvalue weighted by molar-refractivity contribution is -0.509. The van der Waals surface area contributed by atoms with E-state index in [1.54, 1.807) is 0 Å². The molecule has 1 aromatic rings. The molecule has 0 fully saturated rings. The molecule has 0 saturated carbocycles. The Morgan fingerprint density at radius 3 is 2.10 bits per heavy atom. The topological polar surface area (TPSA) is 115 Å². The van der Waals surface area contributed by atoms with Gasteiger partial charge in [-0.2, -0.15) is 0 Å². The Bertz CT molecular complexity index is 546. The molecular weight excluding hydrogens is 402 g/mol. The van der Waals surface area contributed by atoms with Gasteiger partial charge in [-0.1, -0.05) is 0 Å². The number of benzene rings is 1. The zero-order chi connectivity index (χ0) is 15.5. The fraction of sp³-hybridized carbons (Fsp3) is 0.300. The molecule has 1 aromatic carbocycles. The molecule has 10 heteroatoms. The molecule has 1 amide bonds. The molecule has 0 aliphatic carbocycles. The van der Waals surface area contributed by atoms with Crippen LogP contribution in [-0.4, -0.2) is 19.1 Å². The van der Waals surface area contributed by atoms with Crippen LogP contribution in [0.3, 0.4) is 0 Å². The van der Waals surface area contributed by atoms with Crippen LogP contribution in [0.15, 0.2) is 24.3 Å². The van der Waals surface area contributed by atoms with E-state index in [4.69, 9.17) is 0 Å². The van der Waals surface area contributed by atoms with Crippen LogP contribution >= 0.6 is 31.9 Å². The summed E-state index contributed by atoms with van der Waals surface area (Å²) in [4.78, 5) is 31.6. The lowest BCUT2D eigenvalue weighted by atomic mass is 10.1. The minimum Gasteiger partial charge on any atom is -0.341 e. The number of nitrogens with one attached hydrogen (secondary N) is 1. The van der Waals surface area contributed by atoms with E-state index in [2.05, 4.69) is 37.2 Å². The number of hydrogen-bond donors (Lipinski definition) is 1. The Morgan fingerprint density at radius 1 is 1.25 bits per heavy atom. The first-order valence-electron chi connectivity index (χ1n) is 5.20. The van der Waals surface area contributed by atoms with E-state index in [1.165, 1.54) is 31.2 Å². The van der Waals surface area contributed by atoms with Crippen LogP contribution in [-0.2, 0) is 4.79 Å². The summed E-state index contributed by atoms with van der Waals surface area (Å²) in [5.41, 5.74) is 0.197. The van der Waals surface area contributed by atoms with Gasteiger partial charge in [0.1, 0.15) is 6.04 Å². The number of non-ortho nitro benzene ring substituents is 1. The number of carbonyl (C=O) groups excluding carboxylic acids is 1. The Balaban J connectivity index is 3.20. The van der Waals surface area contributed by atoms with Gasteiger partial charge in [-0.05, 0) is 17.7 Å². The first kappa shape index (κ1) is 16.5. The van der Waals surface area contributed by atoms with Crippen LogP contribution in [0, 0.1) is 20.2 Å². The van der Waals surface area contributed by atoms with E-state index in [0.29, 0.717) is 5.56 Å². The number of rotatable bonds is 5. The average molecular weight is 411 g/mol. The van der Waals surface area contributed by atoms with Gasteiger partial charge in [0.2, 0.25) is 5.91 Å². The summed E-state index contributed by atoms with van der Waals surface area (Å²) in [6, 6.07) is 4.06. The second-order valence-corrected chi connectivity index (χ2v) is 7.31. The monoisotopic (exact) mass is 409 g/mol. The number of nitro groups is 2. The van der Waals surface area contributed by atoms with Gasteiger partial charge in [-0.15, -0.1) is 0 Å². The van der Waals surface area contributed by atoms with Crippen molar-refractivity contribution in [2.24, 2.45) is 0 Å². The maximum atomic E-state index is 11.2. The molecule has 0 aliphatic heterocycles. The van der Waals surface area contributed by atoms with Gasteiger partial charge in [-0.3, -0.25) is 25.0 Å². The SMILES string of the molecule is CC(=O)NC(c1ccc([N+](=O)[O-])cc1)C(Br)(Br)[N+](=O)[O-]. The van der Waals surface area contributed by atoms with E-state index >= 15 is 0 Å². The smallest absolute Gasteiger partial charge is 0.341 e. The third-order valence-corrected chi connectivity index (χ3v) is 3.87. The van der Waals surface area contributed by atoms with E-state index in [-0.39, 0.29) is 5.69 Å². The quantitative estimate of drug-likeness (QED) is 0.346. The number of alkyl halides is 2. The molecular formula is C10H9Br2N3O5. The lowest BCUT2D eigenvalue weighted by Crippen LogP contribution is -2.42. The third-order valence-electron chi connectivity index (χ3n) is 2.38. The largest absolute Gasteiger partial charge is 0.350 e. The summed E-state index contributed by atoms with van der Waals surface area (Å²) in [5, 5.41) is 24.0. The zero-order valence-electron chi connectivity index (χ0n) is 10.1. The molecule has 0 bridgehead atoms. The number of hydrogen-bond acceptors (Lipinski definition) is 5. The van der Waals surface area contributed by atoms with Crippen molar-refractivity contribution in [3.8, 4) is 0 Å². The normalized spacial score (nSPS) is 12.6. The molecule has 0 heterocycles. The lowest BCUT2D eigenvalue weighted by Gasteiger charge is -2.24. The minimum absolute atomic E-state index is 0.147. The summed E-state index contributed by atoms with van der Waals surface area (Å²) in [7, 11) is 0. The molecule has 0 spiro atoms. The summed E-state index contributed by atoms with van der Waals surface area (Å²) in [6.07, 6.45) is 0. The van der Waals surface area contributed by atoms with Crippen molar-refractivity contribution in [2.45, 2.75) is 16.3 Å². The van der Waals surface area contributed by atoms with Gasteiger partial charge in [0.15, 0.2) is 0 Å². The van der Waals surface area contributed by atoms with E-state index in [0.717, 1.165) is 0 Å². The van der Waals surface area contributed by atoms with Crippen LogP contribution in [0.4, 0.5) is 5.69 Å². The van der Waals surface area contributed by atoms with Crippen molar-refractivity contribution >= 4 is 43.5 Å². The third kappa shape index (κ3) is 3.73. The highest BCUT2D eigenvalue weighted by Crippen LogP contribution is 2.40. The van der Waals surface area contributed by atoms with Gasteiger partial charge in [0.05, 0.1) is 9.85 Å². The Hall–Kier alpha value is -1.55. The molecule has 1 atom stereocenters. The predicted octanol–water partition coefficient (Wildman–Crippen LogP) is 2.49. The highest BCUT2D eigenvalue weighted by atomic mass is 79.9. The van der Waals surface area contributed by atoms with Crippen molar-refractivity contribution in [1.29, 1.82) is 0 Å². The molecule has 8 nitrogen and oxygen atoms in total. The second kappa shape index (κ2) is 6.27. The van der Waals surface area contributed by atoms with Crippen molar-refractivity contribution < 1.29 is 14.6 Å². The summed E-state index contributed by atoms with van der Waals surface area (Å²) < 4.78 is -1.82. The average Bonchev–Trinajstić information content (AvgIpc) is 2.35. The maximum absolute atomic E-state index is 11.2. The van der Waals surface area contributed by atoms with Crippen LogP contribution in [0.1, 0.15) is 18.5 Å². The minimum atomic E-state index is -1.82. The number of nitro benzene ring substituents is 1. The maximum Gasteiger partial charge on any atom is 0.350 e. The molecule has 1 N–H and O–H groups in total. The number of halogens is 2. The van der Waals surface area contributed by atoms with Gasteiger partial charge < -0.3 is 5.32 Å². The Kier molecular flexibility index (Phi) is 5.17. The van der Waals surface area contributed by atoms with Crippen LogP contribution in [0.2, 0.25) is 0 Å². The molecule has 20 heavy (non-hydrogen) atoms. The van der Waals surface area contributed by atoms with Gasteiger partial charge in [0, 0.05) is 50.9 Å². The number of nitrogens with zero attached hydrogens (tertiary/aromatic N) is 2. The van der Waals surface area contributed by atoms with Crippen LogP contribution in [0.25, 0.3) is 0 Å². The van der Waals surface area contributed by atoms with Crippen LogP contribution < -0.4 is 5.32 Å². The summed E-state index contributed by atoms with van der Waals surface area (Å²) >= 11 is 5.79. The summed E-state index contributed by atoms with van der Waals surface area (Å²) in [6.45, 7) is 1.22. The molecule has 0 aromatic heterocycles. The Morgan fingerprint density at radius 2 is 1.75 bits per heavy atom. The molecule has 0 saturated heterocycles. The summed E-state index contributed by atoms with van der Waals surface area (Å²) in [5.74, 6) is -0.474. The molecule has 0 radical (unpaired) electrons. The van der Waals surface area contributed by atoms with Gasteiger partial charge in [0.25, 0.3) is 5.69 Å².